The first kappa shape index (κ1) is 20.3. The van der Waals surface area contributed by atoms with Crippen molar-refractivity contribution in [3.05, 3.63) is 58.5 Å². The van der Waals surface area contributed by atoms with E-state index in [1.807, 2.05) is 50.2 Å². The van der Waals surface area contributed by atoms with Crippen LogP contribution in [0.1, 0.15) is 17.3 Å². The second-order valence-corrected chi connectivity index (χ2v) is 6.74. The average Bonchev–Trinajstić information content (AvgIpc) is 2.73. The van der Waals surface area contributed by atoms with Crippen molar-refractivity contribution in [3.63, 3.8) is 0 Å². The van der Waals surface area contributed by atoms with Gasteiger partial charge in [-0.25, -0.2) is 0 Å². The van der Waals surface area contributed by atoms with E-state index in [-0.39, 0.29) is 11.5 Å². The average molecular weight is 395 g/mol. The standard InChI is InChI=1S/C22H25N3O4/c1-6-23-21(26)18-13-25(15-9-7-8-14(10-15)24(2)3)22(27)17-12-20(29-5)19(28-4)11-16(17)18/h7-13H,6H2,1-5H3,(H,23,26). The maximum Gasteiger partial charge on any atom is 0.263 e. The lowest BCUT2D eigenvalue weighted by molar-refractivity contribution is 0.0957. The molecule has 0 unspecified atom stereocenters. The predicted molar refractivity (Wildman–Crippen MR) is 115 cm³/mol. The van der Waals surface area contributed by atoms with Gasteiger partial charge in [-0.2, -0.15) is 0 Å². The van der Waals surface area contributed by atoms with Crippen molar-refractivity contribution in [1.82, 2.24) is 9.88 Å². The van der Waals surface area contributed by atoms with Crippen molar-refractivity contribution in [1.29, 1.82) is 0 Å². The summed E-state index contributed by atoms with van der Waals surface area (Å²) in [6.45, 7) is 2.32. The van der Waals surface area contributed by atoms with Crippen LogP contribution in [0.25, 0.3) is 16.5 Å². The van der Waals surface area contributed by atoms with Crippen LogP contribution in [0.3, 0.4) is 0 Å². The van der Waals surface area contributed by atoms with E-state index in [1.165, 1.54) is 18.8 Å². The Morgan fingerprint density at radius 2 is 1.72 bits per heavy atom. The van der Waals surface area contributed by atoms with E-state index in [1.54, 1.807) is 18.3 Å². The van der Waals surface area contributed by atoms with Gasteiger partial charge in [-0.15, -0.1) is 0 Å². The highest BCUT2D eigenvalue weighted by Gasteiger charge is 2.18. The fraction of sp³-hybridized carbons (Fsp3) is 0.273. The Morgan fingerprint density at radius 3 is 2.31 bits per heavy atom. The zero-order chi connectivity index (χ0) is 21.1. The highest BCUT2D eigenvalue weighted by atomic mass is 16.5. The molecular weight excluding hydrogens is 370 g/mol. The Hall–Kier alpha value is -3.48. The molecule has 1 aromatic heterocycles. The summed E-state index contributed by atoms with van der Waals surface area (Å²) in [4.78, 5) is 28.1. The van der Waals surface area contributed by atoms with Crippen LogP contribution in [0.4, 0.5) is 5.69 Å². The van der Waals surface area contributed by atoms with E-state index in [9.17, 15) is 9.59 Å². The van der Waals surface area contributed by atoms with Crippen LogP contribution in [-0.2, 0) is 0 Å². The van der Waals surface area contributed by atoms with Gasteiger partial charge in [0.2, 0.25) is 0 Å². The van der Waals surface area contributed by atoms with Crippen molar-refractivity contribution in [2.24, 2.45) is 0 Å². The summed E-state index contributed by atoms with van der Waals surface area (Å²) >= 11 is 0. The molecule has 1 amide bonds. The molecule has 0 spiro atoms. The first-order valence-corrected chi connectivity index (χ1v) is 9.28. The molecule has 2 aromatic carbocycles. The molecule has 1 N–H and O–H groups in total. The molecule has 0 aliphatic rings. The third kappa shape index (κ3) is 3.76. The lowest BCUT2D eigenvalue weighted by Crippen LogP contribution is -2.27. The fourth-order valence-corrected chi connectivity index (χ4v) is 3.22. The van der Waals surface area contributed by atoms with E-state index >= 15 is 0 Å². The van der Waals surface area contributed by atoms with Crippen LogP contribution in [0.5, 0.6) is 11.5 Å². The van der Waals surface area contributed by atoms with Gasteiger partial charge < -0.3 is 19.7 Å². The molecule has 0 saturated heterocycles. The van der Waals surface area contributed by atoms with Gasteiger partial charge in [-0.3, -0.25) is 14.2 Å². The van der Waals surface area contributed by atoms with E-state index < -0.39 is 0 Å². The molecule has 7 nitrogen and oxygen atoms in total. The highest BCUT2D eigenvalue weighted by Crippen LogP contribution is 2.32. The number of pyridine rings is 1. The Balaban J connectivity index is 2.37. The molecule has 0 fully saturated rings. The molecule has 152 valence electrons. The second kappa shape index (κ2) is 8.26. The monoisotopic (exact) mass is 395 g/mol. The largest absolute Gasteiger partial charge is 0.493 e. The molecule has 0 saturated carbocycles. The lowest BCUT2D eigenvalue weighted by Gasteiger charge is -2.17. The first-order valence-electron chi connectivity index (χ1n) is 9.28. The van der Waals surface area contributed by atoms with Gasteiger partial charge in [0.15, 0.2) is 11.5 Å². The number of amides is 1. The number of methoxy groups -OCH3 is 2. The number of nitrogens with zero attached hydrogens (tertiary/aromatic N) is 2. The van der Waals surface area contributed by atoms with Crippen molar-refractivity contribution >= 4 is 22.4 Å². The number of anilines is 1. The lowest BCUT2D eigenvalue weighted by atomic mass is 10.0. The summed E-state index contributed by atoms with van der Waals surface area (Å²) in [5, 5.41) is 3.70. The van der Waals surface area contributed by atoms with Gasteiger partial charge in [0.05, 0.1) is 30.9 Å². The fourth-order valence-electron chi connectivity index (χ4n) is 3.22. The maximum absolute atomic E-state index is 13.3. The number of ether oxygens (including phenoxy) is 2. The van der Waals surface area contributed by atoms with Crippen LogP contribution < -0.4 is 25.2 Å². The Bertz CT molecular complexity index is 1120. The zero-order valence-electron chi connectivity index (χ0n) is 17.3. The quantitative estimate of drug-likeness (QED) is 0.695. The second-order valence-electron chi connectivity index (χ2n) is 6.74. The molecule has 0 bridgehead atoms. The zero-order valence-corrected chi connectivity index (χ0v) is 17.3. The Morgan fingerprint density at radius 1 is 1.07 bits per heavy atom. The van der Waals surface area contributed by atoms with E-state index in [0.717, 1.165) is 5.69 Å². The highest BCUT2D eigenvalue weighted by molar-refractivity contribution is 6.07. The summed E-state index contributed by atoms with van der Waals surface area (Å²) in [5.41, 5.74) is 1.76. The molecule has 29 heavy (non-hydrogen) atoms. The number of hydrogen-bond acceptors (Lipinski definition) is 5. The number of benzene rings is 2. The van der Waals surface area contributed by atoms with Crippen molar-refractivity contribution in [3.8, 4) is 17.2 Å². The first-order chi connectivity index (χ1) is 13.9. The van der Waals surface area contributed by atoms with E-state index in [2.05, 4.69) is 5.32 Å². The smallest absolute Gasteiger partial charge is 0.263 e. The Labute approximate surface area is 169 Å². The number of carbonyl (C=O) groups excluding carboxylic acids is 1. The third-order valence-corrected chi connectivity index (χ3v) is 4.73. The van der Waals surface area contributed by atoms with Crippen molar-refractivity contribution in [2.75, 3.05) is 39.8 Å². The minimum Gasteiger partial charge on any atom is -0.493 e. The van der Waals surface area contributed by atoms with Gasteiger partial charge in [0.25, 0.3) is 11.5 Å². The molecule has 0 aliphatic carbocycles. The predicted octanol–water partition coefficient (Wildman–Crippen LogP) is 2.82. The van der Waals surface area contributed by atoms with Crippen LogP contribution in [0.15, 0.2) is 47.4 Å². The van der Waals surface area contributed by atoms with Crippen LogP contribution in [0, 0.1) is 0 Å². The topological polar surface area (TPSA) is 72.8 Å². The third-order valence-electron chi connectivity index (χ3n) is 4.73. The summed E-state index contributed by atoms with van der Waals surface area (Å²) < 4.78 is 12.2. The number of nitrogens with one attached hydrogen (secondary N) is 1. The Kier molecular flexibility index (Phi) is 5.77. The SMILES string of the molecule is CCNC(=O)c1cn(-c2cccc(N(C)C)c2)c(=O)c2cc(OC)c(OC)cc12. The summed E-state index contributed by atoms with van der Waals surface area (Å²) in [7, 11) is 6.89. The van der Waals surface area contributed by atoms with Gasteiger partial charge >= 0.3 is 0 Å². The number of hydrogen-bond donors (Lipinski definition) is 1. The van der Waals surface area contributed by atoms with Crippen molar-refractivity contribution in [2.45, 2.75) is 6.92 Å². The molecule has 0 aliphatic heterocycles. The van der Waals surface area contributed by atoms with Gasteiger partial charge in [0.1, 0.15) is 0 Å². The van der Waals surface area contributed by atoms with Crippen molar-refractivity contribution < 1.29 is 14.3 Å². The summed E-state index contributed by atoms with van der Waals surface area (Å²) in [5.74, 6) is 0.623. The number of fused-ring (bicyclic) bond motifs is 1. The van der Waals surface area contributed by atoms with Gasteiger partial charge in [-0.05, 0) is 37.3 Å². The molecule has 7 heteroatoms. The molecule has 3 aromatic rings. The van der Waals surface area contributed by atoms with Gasteiger partial charge in [-0.1, -0.05) is 6.07 Å². The molecule has 1 heterocycles. The van der Waals surface area contributed by atoms with Crippen LogP contribution in [0.2, 0.25) is 0 Å². The maximum atomic E-state index is 13.3. The molecular formula is C22H25N3O4. The number of rotatable bonds is 6. The number of aromatic nitrogens is 1. The van der Waals surface area contributed by atoms with Crippen LogP contribution >= 0.6 is 0 Å². The minimum absolute atomic E-state index is 0.245. The summed E-state index contributed by atoms with van der Waals surface area (Å²) in [6, 6.07) is 10.8. The van der Waals surface area contributed by atoms with E-state index in [4.69, 9.17) is 9.47 Å². The normalized spacial score (nSPS) is 10.7. The molecule has 0 atom stereocenters. The van der Waals surface area contributed by atoms with E-state index in [0.29, 0.717) is 40.1 Å². The van der Waals surface area contributed by atoms with Crippen LogP contribution in [-0.4, -0.2) is 45.3 Å². The number of carbonyl (C=O) groups is 1. The molecule has 3 rings (SSSR count). The summed E-state index contributed by atoms with van der Waals surface area (Å²) in [6.07, 6.45) is 1.58. The van der Waals surface area contributed by atoms with Gasteiger partial charge in [0, 0.05) is 37.9 Å². The minimum atomic E-state index is -0.262. The molecule has 0 radical (unpaired) electrons.